The van der Waals surface area contributed by atoms with Gasteiger partial charge in [-0.25, -0.2) is 0 Å². The van der Waals surface area contributed by atoms with Gasteiger partial charge in [-0.15, -0.1) is 0 Å². The first-order chi connectivity index (χ1) is 11.7. The topological polar surface area (TPSA) is 75.4 Å². The molecule has 25 heavy (non-hydrogen) atoms. The molecule has 2 amide bonds. The molecule has 7 heteroatoms. The zero-order valence-corrected chi connectivity index (χ0v) is 17.9. The number of thioether (sulfide) groups is 1. The highest BCUT2D eigenvalue weighted by atomic mass is 32.2. The van der Waals surface area contributed by atoms with Crippen molar-refractivity contribution in [1.82, 2.24) is 10.2 Å². The number of hydrogen-bond acceptors (Lipinski definition) is 5. The summed E-state index contributed by atoms with van der Waals surface area (Å²) in [7, 11) is 0. The number of hydrogen-bond donors (Lipinski definition) is 3. The van der Waals surface area contributed by atoms with E-state index in [1.807, 2.05) is 16.7 Å². The number of carbonyl (C=O) groups excluding carboxylic acids is 2. The lowest BCUT2D eigenvalue weighted by Crippen LogP contribution is -2.46. The Bertz CT molecular complexity index is 438. The molecule has 3 atom stereocenters. The predicted molar refractivity (Wildman–Crippen MR) is 110 cm³/mol. The molecule has 0 spiro atoms. The van der Waals surface area contributed by atoms with Gasteiger partial charge in [0.25, 0.3) is 0 Å². The van der Waals surface area contributed by atoms with E-state index < -0.39 is 6.04 Å². The van der Waals surface area contributed by atoms with Gasteiger partial charge >= 0.3 is 0 Å². The van der Waals surface area contributed by atoms with Crippen LogP contribution in [0.3, 0.4) is 0 Å². The molecule has 0 aromatic heterocycles. The van der Waals surface area contributed by atoms with Crippen LogP contribution < -0.4 is 11.1 Å². The molecule has 3 N–H and O–H groups in total. The smallest absolute Gasteiger partial charge is 0.237 e. The van der Waals surface area contributed by atoms with Crippen molar-refractivity contribution in [2.45, 2.75) is 58.4 Å². The fourth-order valence-electron chi connectivity index (χ4n) is 3.32. The maximum atomic E-state index is 12.3. The second-order valence-corrected chi connectivity index (χ2v) is 9.27. The number of thiol groups is 1. The van der Waals surface area contributed by atoms with Crippen molar-refractivity contribution >= 4 is 36.2 Å². The molecule has 3 unspecified atom stereocenters. The fourth-order valence-corrected chi connectivity index (χ4v) is 5.41. The number of nitrogens with zero attached hydrogens (tertiary/aromatic N) is 1. The van der Waals surface area contributed by atoms with E-state index in [0.717, 1.165) is 5.75 Å². The highest BCUT2D eigenvalue weighted by Crippen LogP contribution is 2.34. The molecule has 146 valence electrons. The van der Waals surface area contributed by atoms with E-state index >= 15 is 0 Å². The van der Waals surface area contributed by atoms with E-state index in [9.17, 15) is 9.59 Å². The molecule has 1 aliphatic heterocycles. The summed E-state index contributed by atoms with van der Waals surface area (Å²) in [5.74, 6) is 3.36. The normalized spacial score (nSPS) is 22.3. The lowest BCUT2D eigenvalue weighted by molar-refractivity contribution is -0.129. The Morgan fingerprint density at radius 2 is 1.96 bits per heavy atom. The van der Waals surface area contributed by atoms with Crippen LogP contribution in [-0.4, -0.2) is 58.6 Å². The maximum Gasteiger partial charge on any atom is 0.237 e. The molecule has 1 aliphatic rings. The van der Waals surface area contributed by atoms with Crippen LogP contribution in [0.15, 0.2) is 0 Å². The van der Waals surface area contributed by atoms with Crippen LogP contribution in [0.4, 0.5) is 0 Å². The van der Waals surface area contributed by atoms with Crippen LogP contribution >= 0.6 is 24.4 Å². The highest BCUT2D eigenvalue weighted by Gasteiger charge is 2.37. The summed E-state index contributed by atoms with van der Waals surface area (Å²) in [6.45, 7) is 12.2. The van der Waals surface area contributed by atoms with Gasteiger partial charge in [-0.1, -0.05) is 27.7 Å². The van der Waals surface area contributed by atoms with Crippen LogP contribution in [0.1, 0.15) is 41.0 Å². The molecule has 0 aromatic rings. The van der Waals surface area contributed by atoms with Crippen LogP contribution in [0, 0.1) is 17.8 Å². The summed E-state index contributed by atoms with van der Waals surface area (Å²) in [6, 6.07) is -0.393. The van der Waals surface area contributed by atoms with Crippen LogP contribution in [0.25, 0.3) is 0 Å². The predicted octanol–water partition coefficient (Wildman–Crippen LogP) is 2.01. The first-order valence-corrected chi connectivity index (χ1v) is 10.9. The van der Waals surface area contributed by atoms with Gasteiger partial charge < -0.3 is 16.0 Å². The Hall–Kier alpha value is -0.400. The molecule has 1 heterocycles. The lowest BCUT2D eigenvalue weighted by Gasteiger charge is -2.28. The molecule has 0 bridgehead atoms. The molecule has 0 aliphatic carbocycles. The third kappa shape index (κ3) is 6.68. The Morgan fingerprint density at radius 3 is 2.48 bits per heavy atom. The van der Waals surface area contributed by atoms with Crippen molar-refractivity contribution in [2.75, 3.05) is 24.6 Å². The van der Waals surface area contributed by atoms with Gasteiger partial charge in [0.05, 0.1) is 6.04 Å². The maximum absolute atomic E-state index is 12.3. The first kappa shape index (κ1) is 22.6. The Kier molecular flexibility index (Phi) is 9.67. The van der Waals surface area contributed by atoms with Gasteiger partial charge in [-0.2, -0.15) is 24.4 Å². The molecule has 0 aromatic carbocycles. The van der Waals surface area contributed by atoms with Gasteiger partial charge in [-0.05, 0) is 30.4 Å². The third-order valence-electron chi connectivity index (χ3n) is 5.13. The first-order valence-electron chi connectivity index (χ1n) is 9.24. The summed E-state index contributed by atoms with van der Waals surface area (Å²) >= 11 is 5.95. The standard InChI is InChI=1S/C18H35N3O2S2/c1-11(2)14(12(3)4)10-25-16-8-17(22)21(13(16)5)7-6-20-18(23)15(19)9-24/h11-16,24H,6-10,19H2,1-5H3,(H,20,23). The van der Waals surface area contributed by atoms with Crippen LogP contribution in [-0.2, 0) is 9.59 Å². The number of carbonyl (C=O) groups is 2. The lowest BCUT2D eigenvalue weighted by atomic mass is 9.87. The summed E-state index contributed by atoms with van der Waals surface area (Å²) in [5, 5.41) is 3.12. The molecule has 0 saturated carbocycles. The number of likely N-dealkylation sites (tertiary alicyclic amines) is 1. The monoisotopic (exact) mass is 389 g/mol. The zero-order valence-electron chi connectivity index (χ0n) is 16.2. The van der Waals surface area contributed by atoms with Crippen molar-refractivity contribution in [3.05, 3.63) is 0 Å². The van der Waals surface area contributed by atoms with E-state index in [4.69, 9.17) is 5.73 Å². The minimum absolute atomic E-state index is 0.184. The molecular weight excluding hydrogens is 354 g/mol. The molecular formula is C18H35N3O2S2. The molecule has 1 rings (SSSR count). The molecule has 1 saturated heterocycles. The van der Waals surface area contributed by atoms with E-state index in [1.165, 1.54) is 0 Å². The number of nitrogens with two attached hydrogens (primary N) is 1. The molecule has 0 radical (unpaired) electrons. The van der Waals surface area contributed by atoms with Crippen molar-refractivity contribution in [3.63, 3.8) is 0 Å². The van der Waals surface area contributed by atoms with E-state index in [0.29, 0.717) is 48.3 Å². The van der Waals surface area contributed by atoms with Crippen LogP contribution in [0.5, 0.6) is 0 Å². The highest BCUT2D eigenvalue weighted by molar-refractivity contribution is 8.00. The molecule has 1 fully saturated rings. The molecule has 5 nitrogen and oxygen atoms in total. The number of rotatable bonds is 10. The van der Waals surface area contributed by atoms with Crippen molar-refractivity contribution < 1.29 is 9.59 Å². The summed E-state index contributed by atoms with van der Waals surface area (Å²) in [5.41, 5.74) is 5.63. The van der Waals surface area contributed by atoms with Gasteiger partial charge in [0.1, 0.15) is 0 Å². The number of nitrogens with one attached hydrogen (secondary N) is 1. The Labute approximate surface area is 162 Å². The number of amides is 2. The van der Waals surface area contributed by atoms with Gasteiger partial charge in [0.15, 0.2) is 0 Å². The van der Waals surface area contributed by atoms with Gasteiger partial charge in [-0.3, -0.25) is 9.59 Å². The van der Waals surface area contributed by atoms with Crippen molar-refractivity contribution in [1.29, 1.82) is 0 Å². The quantitative estimate of drug-likeness (QED) is 0.500. The minimum Gasteiger partial charge on any atom is -0.353 e. The average Bonchev–Trinajstić information content (AvgIpc) is 2.80. The summed E-state index contributed by atoms with van der Waals surface area (Å²) in [4.78, 5) is 25.9. The van der Waals surface area contributed by atoms with E-state index in [-0.39, 0.29) is 17.9 Å². The van der Waals surface area contributed by atoms with E-state index in [2.05, 4.69) is 52.6 Å². The minimum atomic E-state index is -0.595. The second kappa shape index (κ2) is 10.7. The fraction of sp³-hybridized carbons (Fsp3) is 0.889. The van der Waals surface area contributed by atoms with Crippen molar-refractivity contribution in [3.8, 4) is 0 Å². The van der Waals surface area contributed by atoms with E-state index in [1.54, 1.807) is 0 Å². The Balaban J connectivity index is 2.47. The largest absolute Gasteiger partial charge is 0.353 e. The summed E-state index contributed by atoms with van der Waals surface area (Å²) < 4.78 is 0. The Morgan fingerprint density at radius 1 is 1.36 bits per heavy atom. The SMILES string of the molecule is CC(C)C(CSC1CC(=O)N(CCNC(=O)C(N)CS)C1C)C(C)C. The van der Waals surface area contributed by atoms with Gasteiger partial charge in [0, 0.05) is 36.6 Å². The zero-order chi connectivity index (χ0) is 19.1. The average molecular weight is 390 g/mol. The van der Waals surface area contributed by atoms with Crippen molar-refractivity contribution in [2.24, 2.45) is 23.5 Å². The third-order valence-corrected chi connectivity index (χ3v) is 7.09. The van der Waals surface area contributed by atoms with Gasteiger partial charge in [0.2, 0.25) is 11.8 Å². The van der Waals surface area contributed by atoms with Crippen LogP contribution in [0.2, 0.25) is 0 Å². The second-order valence-electron chi connectivity index (χ2n) is 7.64. The summed E-state index contributed by atoms with van der Waals surface area (Å²) in [6.07, 6.45) is 0.596.